The van der Waals surface area contributed by atoms with E-state index < -0.39 is 0 Å². The molecule has 0 heterocycles. The van der Waals surface area contributed by atoms with Crippen molar-refractivity contribution in [2.45, 2.75) is 26.2 Å². The second kappa shape index (κ2) is 7.04. The van der Waals surface area contributed by atoms with E-state index in [1.165, 1.54) is 5.56 Å². The zero-order valence-electron chi connectivity index (χ0n) is 9.19. The number of hydrogen-bond donors (Lipinski definition) is 0. The maximum Gasteiger partial charge on any atom is 0.293 e. The summed E-state index contributed by atoms with van der Waals surface area (Å²) in [6.07, 6.45) is 3.20. The van der Waals surface area contributed by atoms with Crippen molar-refractivity contribution in [2.24, 2.45) is 5.92 Å². The second-order valence-electron chi connectivity index (χ2n) is 3.89. The number of carbonyl (C=O) groups is 1. The molecule has 15 heavy (non-hydrogen) atoms. The molecule has 0 amide bonds. The van der Waals surface area contributed by atoms with Gasteiger partial charge in [-0.1, -0.05) is 37.3 Å². The first kappa shape index (κ1) is 11.8. The van der Waals surface area contributed by atoms with E-state index in [0.29, 0.717) is 19.0 Å². The van der Waals surface area contributed by atoms with Gasteiger partial charge in [-0.3, -0.25) is 4.79 Å². The number of aryl methyl sites for hydroxylation is 1. The molecule has 0 fully saturated rings. The molecule has 0 aliphatic rings. The van der Waals surface area contributed by atoms with Crippen LogP contribution in [-0.2, 0) is 16.0 Å². The normalized spacial score (nSPS) is 12.1. The van der Waals surface area contributed by atoms with Crippen LogP contribution in [-0.4, -0.2) is 13.1 Å². The lowest BCUT2D eigenvalue weighted by Crippen LogP contribution is -2.02. The van der Waals surface area contributed by atoms with Crippen molar-refractivity contribution in [3.05, 3.63) is 35.9 Å². The molecule has 0 radical (unpaired) electrons. The molecule has 82 valence electrons. The van der Waals surface area contributed by atoms with Gasteiger partial charge < -0.3 is 4.74 Å². The van der Waals surface area contributed by atoms with Crippen LogP contribution in [0.2, 0.25) is 0 Å². The topological polar surface area (TPSA) is 26.3 Å². The molecule has 1 aromatic rings. The predicted octanol–water partition coefficient (Wildman–Crippen LogP) is 2.82. The van der Waals surface area contributed by atoms with Crippen LogP contribution in [0.25, 0.3) is 0 Å². The highest BCUT2D eigenvalue weighted by Crippen LogP contribution is 2.12. The molecule has 0 saturated heterocycles. The van der Waals surface area contributed by atoms with Crippen LogP contribution in [0.3, 0.4) is 0 Å². The molecule has 0 saturated carbocycles. The van der Waals surface area contributed by atoms with Crippen molar-refractivity contribution in [2.75, 3.05) is 6.61 Å². The van der Waals surface area contributed by atoms with Crippen LogP contribution in [0, 0.1) is 5.92 Å². The molecule has 2 nitrogen and oxygen atoms in total. The standard InChI is InChI=1S/C13H18O2/c1-12(9-10-15-11-14)7-8-13-5-3-2-4-6-13/h2-6,11-12H,7-10H2,1H3. The highest BCUT2D eigenvalue weighted by Gasteiger charge is 2.02. The molecule has 1 aromatic carbocycles. The van der Waals surface area contributed by atoms with Crippen LogP contribution in [0.4, 0.5) is 0 Å². The SMILES string of the molecule is CC(CCOC=O)CCc1ccccc1. The molecule has 1 unspecified atom stereocenters. The number of benzene rings is 1. The fourth-order valence-electron chi connectivity index (χ4n) is 1.52. The van der Waals surface area contributed by atoms with Gasteiger partial charge in [-0.2, -0.15) is 0 Å². The monoisotopic (exact) mass is 206 g/mol. The van der Waals surface area contributed by atoms with Gasteiger partial charge in [0.15, 0.2) is 0 Å². The number of hydrogen-bond acceptors (Lipinski definition) is 2. The number of ether oxygens (including phenoxy) is 1. The summed E-state index contributed by atoms with van der Waals surface area (Å²) in [5, 5.41) is 0. The summed E-state index contributed by atoms with van der Waals surface area (Å²) in [4.78, 5) is 9.94. The van der Waals surface area contributed by atoms with Crippen LogP contribution in [0.15, 0.2) is 30.3 Å². The Morgan fingerprint density at radius 3 is 2.67 bits per heavy atom. The average Bonchev–Trinajstić information content (AvgIpc) is 2.28. The molecule has 0 bridgehead atoms. The zero-order chi connectivity index (χ0) is 10.9. The van der Waals surface area contributed by atoms with Crippen LogP contribution >= 0.6 is 0 Å². The summed E-state index contributed by atoms with van der Waals surface area (Å²) in [7, 11) is 0. The van der Waals surface area contributed by atoms with E-state index in [1.54, 1.807) is 0 Å². The first-order valence-electron chi connectivity index (χ1n) is 5.42. The van der Waals surface area contributed by atoms with Gasteiger partial charge in [-0.25, -0.2) is 0 Å². The van der Waals surface area contributed by atoms with Crippen molar-refractivity contribution in [3.63, 3.8) is 0 Å². The molecule has 0 aliphatic carbocycles. The minimum absolute atomic E-state index is 0.518. The summed E-state index contributed by atoms with van der Waals surface area (Å²) in [6, 6.07) is 10.5. The average molecular weight is 206 g/mol. The lowest BCUT2D eigenvalue weighted by molar-refractivity contribution is -0.129. The summed E-state index contributed by atoms with van der Waals surface area (Å²) >= 11 is 0. The third kappa shape index (κ3) is 5.21. The van der Waals surface area contributed by atoms with Crippen LogP contribution in [0.1, 0.15) is 25.3 Å². The summed E-state index contributed by atoms with van der Waals surface area (Å²) in [6.45, 7) is 3.25. The van der Waals surface area contributed by atoms with Crippen molar-refractivity contribution >= 4 is 6.47 Å². The van der Waals surface area contributed by atoms with Gasteiger partial charge in [-0.05, 0) is 30.7 Å². The molecule has 0 aromatic heterocycles. The van der Waals surface area contributed by atoms with Crippen molar-refractivity contribution in [1.29, 1.82) is 0 Å². The maximum absolute atomic E-state index is 9.94. The van der Waals surface area contributed by atoms with Gasteiger partial charge in [0.05, 0.1) is 6.61 Å². The Bertz CT molecular complexity index is 269. The Hall–Kier alpha value is -1.31. The number of rotatable bonds is 7. The Morgan fingerprint density at radius 1 is 1.27 bits per heavy atom. The Labute approximate surface area is 91.3 Å². The second-order valence-corrected chi connectivity index (χ2v) is 3.89. The summed E-state index contributed by atoms with van der Waals surface area (Å²) in [5.74, 6) is 0.602. The molecule has 1 rings (SSSR count). The van der Waals surface area contributed by atoms with Gasteiger partial charge in [0.2, 0.25) is 0 Å². The van der Waals surface area contributed by atoms with E-state index in [4.69, 9.17) is 0 Å². The minimum atomic E-state index is 0.518. The third-order valence-electron chi connectivity index (χ3n) is 2.57. The zero-order valence-corrected chi connectivity index (χ0v) is 9.19. The number of carbonyl (C=O) groups excluding carboxylic acids is 1. The lowest BCUT2D eigenvalue weighted by atomic mass is 9.99. The maximum atomic E-state index is 9.94. The summed E-state index contributed by atoms with van der Waals surface area (Å²) < 4.78 is 4.68. The van der Waals surface area contributed by atoms with E-state index in [-0.39, 0.29) is 0 Å². The molecule has 0 aliphatic heterocycles. The molecular weight excluding hydrogens is 188 g/mol. The largest absolute Gasteiger partial charge is 0.468 e. The van der Waals surface area contributed by atoms with E-state index in [1.807, 2.05) is 6.07 Å². The fourth-order valence-corrected chi connectivity index (χ4v) is 1.52. The molecule has 0 spiro atoms. The quantitative estimate of drug-likeness (QED) is 0.506. The van der Waals surface area contributed by atoms with Gasteiger partial charge in [0.25, 0.3) is 6.47 Å². The predicted molar refractivity (Wildman–Crippen MR) is 60.6 cm³/mol. The Kier molecular flexibility index (Phi) is 5.52. The molecule has 0 N–H and O–H groups in total. The molecule has 2 heteroatoms. The van der Waals surface area contributed by atoms with Gasteiger partial charge in [-0.15, -0.1) is 0 Å². The minimum Gasteiger partial charge on any atom is -0.468 e. The van der Waals surface area contributed by atoms with Gasteiger partial charge >= 0.3 is 0 Å². The smallest absolute Gasteiger partial charge is 0.293 e. The van der Waals surface area contributed by atoms with Crippen molar-refractivity contribution < 1.29 is 9.53 Å². The van der Waals surface area contributed by atoms with Crippen LogP contribution < -0.4 is 0 Å². The van der Waals surface area contributed by atoms with E-state index in [9.17, 15) is 4.79 Å². The van der Waals surface area contributed by atoms with E-state index in [2.05, 4.69) is 35.9 Å². The van der Waals surface area contributed by atoms with Crippen molar-refractivity contribution in [1.82, 2.24) is 0 Å². The van der Waals surface area contributed by atoms with E-state index in [0.717, 1.165) is 19.3 Å². The summed E-state index contributed by atoms with van der Waals surface area (Å²) in [5.41, 5.74) is 1.38. The van der Waals surface area contributed by atoms with Crippen LogP contribution in [0.5, 0.6) is 0 Å². The van der Waals surface area contributed by atoms with Crippen molar-refractivity contribution in [3.8, 4) is 0 Å². The fraction of sp³-hybridized carbons (Fsp3) is 0.462. The van der Waals surface area contributed by atoms with Gasteiger partial charge in [0.1, 0.15) is 0 Å². The van der Waals surface area contributed by atoms with E-state index >= 15 is 0 Å². The third-order valence-corrected chi connectivity index (χ3v) is 2.57. The highest BCUT2D eigenvalue weighted by atomic mass is 16.5. The first-order valence-corrected chi connectivity index (χ1v) is 5.42. The molecular formula is C13H18O2. The Morgan fingerprint density at radius 2 is 2.00 bits per heavy atom. The van der Waals surface area contributed by atoms with Gasteiger partial charge in [0, 0.05) is 0 Å². The highest BCUT2D eigenvalue weighted by molar-refractivity contribution is 5.36. The lowest BCUT2D eigenvalue weighted by Gasteiger charge is -2.10. The Balaban J connectivity index is 2.16. The molecule has 1 atom stereocenters. The first-order chi connectivity index (χ1) is 7.33.